The van der Waals surface area contributed by atoms with Crippen molar-refractivity contribution in [2.45, 2.75) is 26.3 Å². The molecule has 0 radical (unpaired) electrons. The van der Waals surface area contributed by atoms with E-state index in [1.165, 1.54) is 5.56 Å². The van der Waals surface area contributed by atoms with E-state index >= 15 is 0 Å². The summed E-state index contributed by atoms with van der Waals surface area (Å²) >= 11 is 5.96. The van der Waals surface area contributed by atoms with Crippen LogP contribution < -0.4 is 5.32 Å². The molecule has 82 valence electrons. The van der Waals surface area contributed by atoms with Gasteiger partial charge in [0.2, 0.25) is 0 Å². The fraction of sp³-hybridized carbons (Fsp3) is 0.385. The summed E-state index contributed by atoms with van der Waals surface area (Å²) in [7, 11) is 0. The first-order valence-corrected chi connectivity index (χ1v) is 5.64. The van der Waals surface area contributed by atoms with Crippen molar-refractivity contribution in [2.75, 3.05) is 6.54 Å². The Kier molecular flexibility index (Phi) is 4.86. The Morgan fingerprint density at radius 1 is 1.53 bits per heavy atom. The number of benzene rings is 1. The first kappa shape index (κ1) is 12.3. The molecule has 0 aliphatic heterocycles. The van der Waals surface area contributed by atoms with Crippen molar-refractivity contribution in [3.8, 4) is 0 Å². The molecule has 0 fully saturated rings. The Hall–Kier alpha value is -0.790. The van der Waals surface area contributed by atoms with Crippen LogP contribution in [0.3, 0.4) is 0 Å². The van der Waals surface area contributed by atoms with Crippen LogP contribution in [0.15, 0.2) is 36.4 Å². The van der Waals surface area contributed by atoms with Crippen LogP contribution in [0.1, 0.15) is 31.9 Å². The van der Waals surface area contributed by atoms with E-state index in [1.54, 1.807) is 0 Å². The average Bonchev–Trinajstić information content (AvgIpc) is 2.18. The number of halogens is 1. The molecule has 0 aliphatic rings. The van der Waals surface area contributed by atoms with Crippen molar-refractivity contribution in [3.05, 3.63) is 47.0 Å². The lowest BCUT2D eigenvalue weighted by atomic mass is 10.0. The minimum atomic E-state index is 0.361. The smallest absolute Gasteiger partial charge is 0.0409 e. The molecule has 1 N–H and O–H groups in total. The van der Waals surface area contributed by atoms with E-state index in [4.69, 9.17) is 11.6 Å². The fourth-order valence-corrected chi connectivity index (χ4v) is 1.72. The van der Waals surface area contributed by atoms with Crippen molar-refractivity contribution in [1.82, 2.24) is 5.32 Å². The number of hydrogen-bond acceptors (Lipinski definition) is 1. The van der Waals surface area contributed by atoms with Gasteiger partial charge in [-0.25, -0.2) is 0 Å². The van der Waals surface area contributed by atoms with Gasteiger partial charge in [-0.05, 0) is 31.0 Å². The molecule has 1 rings (SSSR count). The second-order valence-corrected chi connectivity index (χ2v) is 4.29. The van der Waals surface area contributed by atoms with Crippen molar-refractivity contribution >= 4 is 11.6 Å². The first-order valence-electron chi connectivity index (χ1n) is 5.26. The highest BCUT2D eigenvalue weighted by molar-refractivity contribution is 6.30. The third kappa shape index (κ3) is 4.06. The third-order valence-electron chi connectivity index (χ3n) is 2.31. The standard InChI is InChI=1S/C13H18ClN/c1-4-13(15-9-10(2)3)11-6-5-7-12(14)8-11/h5-8,13,15H,2,4,9H2,1,3H3. The van der Waals surface area contributed by atoms with Gasteiger partial charge in [0.1, 0.15) is 0 Å². The maximum absolute atomic E-state index is 5.96. The molecule has 0 aromatic heterocycles. The van der Waals surface area contributed by atoms with Crippen molar-refractivity contribution in [2.24, 2.45) is 0 Å². The Bertz CT molecular complexity index is 333. The van der Waals surface area contributed by atoms with Gasteiger partial charge >= 0.3 is 0 Å². The topological polar surface area (TPSA) is 12.0 Å². The summed E-state index contributed by atoms with van der Waals surface area (Å²) in [4.78, 5) is 0. The lowest BCUT2D eigenvalue weighted by molar-refractivity contribution is 0.544. The molecule has 0 bridgehead atoms. The average molecular weight is 224 g/mol. The normalized spacial score (nSPS) is 12.5. The van der Waals surface area contributed by atoms with Crippen LogP contribution in [0.25, 0.3) is 0 Å². The molecule has 0 heterocycles. The van der Waals surface area contributed by atoms with Gasteiger partial charge in [0, 0.05) is 17.6 Å². The molecule has 2 heteroatoms. The van der Waals surface area contributed by atoms with Crippen LogP contribution in [0.5, 0.6) is 0 Å². The maximum Gasteiger partial charge on any atom is 0.0409 e. The second kappa shape index (κ2) is 5.94. The summed E-state index contributed by atoms with van der Waals surface area (Å²) in [6.07, 6.45) is 1.05. The highest BCUT2D eigenvalue weighted by Gasteiger charge is 2.08. The van der Waals surface area contributed by atoms with Crippen LogP contribution in [0.2, 0.25) is 5.02 Å². The maximum atomic E-state index is 5.96. The zero-order valence-corrected chi connectivity index (χ0v) is 10.1. The lowest BCUT2D eigenvalue weighted by Crippen LogP contribution is -2.22. The van der Waals surface area contributed by atoms with Crippen LogP contribution in [0.4, 0.5) is 0 Å². The van der Waals surface area contributed by atoms with E-state index in [-0.39, 0.29) is 0 Å². The van der Waals surface area contributed by atoms with Gasteiger partial charge in [0.25, 0.3) is 0 Å². The zero-order chi connectivity index (χ0) is 11.3. The highest BCUT2D eigenvalue weighted by atomic mass is 35.5. The number of rotatable bonds is 5. The van der Waals surface area contributed by atoms with Crippen LogP contribution >= 0.6 is 11.6 Å². The van der Waals surface area contributed by atoms with Gasteiger partial charge in [-0.2, -0.15) is 0 Å². The summed E-state index contributed by atoms with van der Waals surface area (Å²) in [6.45, 7) is 8.93. The Morgan fingerprint density at radius 3 is 2.80 bits per heavy atom. The molecule has 0 aliphatic carbocycles. The van der Waals surface area contributed by atoms with Crippen LogP contribution in [-0.2, 0) is 0 Å². The molecule has 0 spiro atoms. The minimum absolute atomic E-state index is 0.361. The van der Waals surface area contributed by atoms with E-state index in [0.29, 0.717) is 6.04 Å². The predicted molar refractivity (Wildman–Crippen MR) is 67.3 cm³/mol. The van der Waals surface area contributed by atoms with Gasteiger partial charge in [-0.1, -0.05) is 42.8 Å². The van der Waals surface area contributed by atoms with E-state index in [0.717, 1.165) is 23.6 Å². The van der Waals surface area contributed by atoms with E-state index < -0.39 is 0 Å². The summed E-state index contributed by atoms with van der Waals surface area (Å²) in [5, 5.41) is 4.25. The van der Waals surface area contributed by atoms with Gasteiger partial charge in [0.05, 0.1) is 0 Å². The molecular weight excluding hydrogens is 206 g/mol. The Labute approximate surface area is 97.1 Å². The summed E-state index contributed by atoms with van der Waals surface area (Å²) < 4.78 is 0. The molecule has 15 heavy (non-hydrogen) atoms. The summed E-state index contributed by atoms with van der Waals surface area (Å²) in [5.74, 6) is 0. The van der Waals surface area contributed by atoms with Crippen LogP contribution in [-0.4, -0.2) is 6.54 Å². The molecule has 1 aromatic carbocycles. The van der Waals surface area contributed by atoms with Gasteiger partial charge < -0.3 is 5.32 Å². The second-order valence-electron chi connectivity index (χ2n) is 3.85. The van der Waals surface area contributed by atoms with E-state index in [9.17, 15) is 0 Å². The molecule has 1 aromatic rings. The molecule has 1 atom stereocenters. The molecule has 0 saturated heterocycles. The fourth-order valence-electron chi connectivity index (χ4n) is 1.52. The number of hydrogen-bond donors (Lipinski definition) is 1. The van der Waals surface area contributed by atoms with Crippen molar-refractivity contribution in [1.29, 1.82) is 0 Å². The lowest BCUT2D eigenvalue weighted by Gasteiger charge is -2.17. The quantitative estimate of drug-likeness (QED) is 0.746. The van der Waals surface area contributed by atoms with Gasteiger partial charge in [0.15, 0.2) is 0 Å². The SMILES string of the molecule is C=C(C)CNC(CC)c1cccc(Cl)c1. The first-order chi connectivity index (χ1) is 7.13. The summed E-state index contributed by atoms with van der Waals surface area (Å²) in [5.41, 5.74) is 2.39. The zero-order valence-electron chi connectivity index (χ0n) is 9.39. The Morgan fingerprint density at radius 2 is 2.27 bits per heavy atom. The monoisotopic (exact) mass is 223 g/mol. The van der Waals surface area contributed by atoms with Crippen molar-refractivity contribution < 1.29 is 0 Å². The minimum Gasteiger partial charge on any atom is -0.306 e. The highest BCUT2D eigenvalue weighted by Crippen LogP contribution is 2.20. The number of nitrogens with one attached hydrogen (secondary N) is 1. The Balaban J connectivity index is 2.69. The van der Waals surface area contributed by atoms with Gasteiger partial charge in [-0.15, -0.1) is 0 Å². The summed E-state index contributed by atoms with van der Waals surface area (Å²) in [6, 6.07) is 8.37. The third-order valence-corrected chi connectivity index (χ3v) is 2.54. The molecule has 1 nitrogen and oxygen atoms in total. The van der Waals surface area contributed by atoms with Gasteiger partial charge in [-0.3, -0.25) is 0 Å². The van der Waals surface area contributed by atoms with E-state index in [2.05, 4.69) is 24.9 Å². The molecule has 0 saturated carbocycles. The van der Waals surface area contributed by atoms with E-state index in [1.807, 2.05) is 25.1 Å². The van der Waals surface area contributed by atoms with Crippen molar-refractivity contribution in [3.63, 3.8) is 0 Å². The molecule has 1 unspecified atom stereocenters. The molecule has 0 amide bonds. The van der Waals surface area contributed by atoms with Crippen LogP contribution in [0, 0.1) is 0 Å². The largest absolute Gasteiger partial charge is 0.306 e. The predicted octanol–water partition coefficient (Wildman–Crippen LogP) is 3.96. The molecular formula is C13H18ClN.